The van der Waals surface area contributed by atoms with Crippen LogP contribution in [0.25, 0.3) is 0 Å². The predicted octanol–water partition coefficient (Wildman–Crippen LogP) is 2.96. The molecule has 1 heterocycles. The van der Waals surface area contributed by atoms with Gasteiger partial charge in [0.2, 0.25) is 0 Å². The Balaban J connectivity index is 1.93. The van der Waals surface area contributed by atoms with Gasteiger partial charge in [-0.3, -0.25) is 4.79 Å². The summed E-state index contributed by atoms with van der Waals surface area (Å²) in [5, 5.41) is 2.14. The first-order valence-electron chi connectivity index (χ1n) is 11.1. The van der Waals surface area contributed by atoms with Crippen LogP contribution >= 0.6 is 0 Å². The molecule has 2 unspecified atom stereocenters. The maximum absolute atomic E-state index is 13.1. The second-order valence-corrected chi connectivity index (χ2v) is 10.7. The van der Waals surface area contributed by atoms with Crippen molar-refractivity contribution in [1.82, 2.24) is 4.90 Å². The van der Waals surface area contributed by atoms with Crippen LogP contribution < -0.4 is 5.32 Å². The number of carbonyl (C=O) groups excluding carboxylic acids is 2. The number of Topliss-reactive ketones (excluding diaryl/α,β-unsaturated/α-hetero) is 1. The summed E-state index contributed by atoms with van der Waals surface area (Å²) >= 11 is 0. The van der Waals surface area contributed by atoms with Gasteiger partial charge in [-0.15, -0.1) is 0 Å². The molecule has 0 amide bonds. The summed E-state index contributed by atoms with van der Waals surface area (Å²) in [5.74, 6) is -0.728. The number of esters is 1. The van der Waals surface area contributed by atoms with Crippen LogP contribution in [0.3, 0.4) is 0 Å². The lowest BCUT2D eigenvalue weighted by Gasteiger charge is -2.45. The summed E-state index contributed by atoms with van der Waals surface area (Å²) in [7, 11) is -2.39. The highest BCUT2D eigenvalue weighted by Gasteiger charge is 2.54. The zero-order chi connectivity index (χ0) is 24.1. The first-order chi connectivity index (χ1) is 15.7. The largest absolute Gasteiger partial charge is 0.467 e. The van der Waals surface area contributed by atoms with E-state index in [0.717, 1.165) is 12.7 Å². The Morgan fingerprint density at radius 1 is 1.12 bits per heavy atom. The summed E-state index contributed by atoms with van der Waals surface area (Å²) in [5.41, 5.74) is 0.557. The van der Waals surface area contributed by atoms with Crippen LogP contribution in [0.15, 0.2) is 54.6 Å². The number of hydrogen-bond donors (Lipinski definition) is 1. The summed E-state index contributed by atoms with van der Waals surface area (Å²) in [4.78, 5) is 27.7. The van der Waals surface area contributed by atoms with Gasteiger partial charge in [0.25, 0.3) is 0 Å². The van der Waals surface area contributed by atoms with E-state index in [1.54, 1.807) is 31.2 Å². The van der Waals surface area contributed by atoms with Crippen LogP contribution in [0.2, 0.25) is 0 Å². The number of nitrogens with one attached hydrogen (secondary N) is 1. The van der Waals surface area contributed by atoms with Crippen molar-refractivity contribution >= 4 is 27.3 Å². The van der Waals surface area contributed by atoms with E-state index < -0.39 is 26.6 Å². The molecular weight excluding hydrogens is 440 g/mol. The minimum atomic E-state index is -3.65. The van der Waals surface area contributed by atoms with Gasteiger partial charge >= 0.3 is 5.97 Å². The van der Waals surface area contributed by atoms with Crippen LogP contribution in [-0.2, 0) is 25.8 Å². The number of anilines is 1. The smallest absolute Gasteiger partial charge is 0.332 e. The minimum Gasteiger partial charge on any atom is -0.467 e. The Hall–Kier alpha value is -2.71. The number of likely N-dealkylation sites (tertiary alicyclic amines) is 1. The molecule has 2 aromatic rings. The van der Waals surface area contributed by atoms with Gasteiger partial charge in [-0.05, 0) is 30.5 Å². The van der Waals surface area contributed by atoms with Gasteiger partial charge in [0.1, 0.15) is 5.25 Å². The molecule has 2 atom stereocenters. The van der Waals surface area contributed by atoms with Crippen molar-refractivity contribution in [2.75, 3.05) is 38.3 Å². The van der Waals surface area contributed by atoms with Crippen molar-refractivity contribution in [3.05, 3.63) is 65.7 Å². The van der Waals surface area contributed by atoms with Crippen LogP contribution in [0.1, 0.15) is 35.7 Å². The summed E-state index contributed by atoms with van der Waals surface area (Å²) in [6, 6.07) is 16.9. The summed E-state index contributed by atoms with van der Waals surface area (Å²) in [6.07, 6.45) is 2.47. The van der Waals surface area contributed by atoms with E-state index in [1.807, 2.05) is 30.3 Å². The number of ether oxygens (including phenoxy) is 1. The molecular formula is C25H32N2O5S. The molecule has 0 radical (unpaired) electrons. The predicted molar refractivity (Wildman–Crippen MR) is 129 cm³/mol. The number of methoxy groups -OCH3 is 1. The number of rotatable bonds is 9. The van der Waals surface area contributed by atoms with E-state index in [-0.39, 0.29) is 18.7 Å². The normalized spacial score (nSPS) is 21.4. The third-order valence-corrected chi connectivity index (χ3v) is 7.91. The van der Waals surface area contributed by atoms with Gasteiger partial charge < -0.3 is 15.0 Å². The van der Waals surface area contributed by atoms with E-state index in [9.17, 15) is 18.0 Å². The highest BCUT2D eigenvalue weighted by molar-refractivity contribution is 7.91. The second-order valence-electron chi connectivity index (χ2n) is 8.51. The Morgan fingerprint density at radius 2 is 1.79 bits per heavy atom. The van der Waals surface area contributed by atoms with Gasteiger partial charge in [0.05, 0.1) is 7.11 Å². The zero-order valence-electron chi connectivity index (χ0n) is 19.4. The molecule has 7 nitrogen and oxygen atoms in total. The number of sulfone groups is 1. The molecule has 1 saturated heterocycles. The number of nitrogens with zero attached hydrogens (tertiary/aromatic N) is 1. The Bertz CT molecular complexity index is 1090. The van der Waals surface area contributed by atoms with Crippen molar-refractivity contribution < 1.29 is 22.7 Å². The van der Waals surface area contributed by atoms with Gasteiger partial charge in [0.15, 0.2) is 21.2 Å². The fourth-order valence-corrected chi connectivity index (χ4v) is 5.97. The molecule has 3 rings (SSSR count). The number of para-hydroxylation sites is 1. The first kappa shape index (κ1) is 24.9. The average molecular weight is 473 g/mol. The fraction of sp³-hybridized carbons (Fsp3) is 0.440. The van der Waals surface area contributed by atoms with Gasteiger partial charge in [-0.25, -0.2) is 13.2 Å². The SMILES string of the molecule is CCC(=O)c1ccccc1NC1(C(=O)OC)CCN(CCc2ccccc2)CC1S(C)(=O)=O. The van der Waals surface area contributed by atoms with Gasteiger partial charge in [-0.2, -0.15) is 0 Å². The van der Waals surface area contributed by atoms with Crippen LogP contribution in [-0.4, -0.2) is 68.9 Å². The van der Waals surface area contributed by atoms with Crippen molar-refractivity contribution in [3.63, 3.8) is 0 Å². The summed E-state index contributed by atoms with van der Waals surface area (Å²) < 4.78 is 31.0. The molecule has 0 spiro atoms. The standard InChI is InChI=1S/C25H32N2O5S/c1-4-22(28)20-12-8-9-13-21(20)26-25(24(29)32-2)15-17-27(18-23(25)33(3,30)31)16-14-19-10-6-5-7-11-19/h5-13,23,26H,4,14-18H2,1-3H3. The fourth-order valence-electron chi connectivity index (χ4n) is 4.49. The third kappa shape index (κ3) is 5.62. The van der Waals surface area contributed by atoms with E-state index in [1.165, 1.54) is 12.7 Å². The molecule has 1 aliphatic heterocycles. The topological polar surface area (TPSA) is 92.8 Å². The Morgan fingerprint density at radius 3 is 2.42 bits per heavy atom. The molecule has 8 heteroatoms. The van der Waals surface area contributed by atoms with E-state index in [2.05, 4.69) is 10.2 Å². The van der Waals surface area contributed by atoms with E-state index >= 15 is 0 Å². The molecule has 0 bridgehead atoms. The van der Waals surface area contributed by atoms with E-state index in [0.29, 0.717) is 30.8 Å². The van der Waals surface area contributed by atoms with Crippen LogP contribution in [0.4, 0.5) is 5.69 Å². The number of benzene rings is 2. The Labute approximate surface area is 196 Å². The highest BCUT2D eigenvalue weighted by atomic mass is 32.2. The third-order valence-electron chi connectivity index (χ3n) is 6.33. The zero-order valence-corrected chi connectivity index (χ0v) is 20.2. The van der Waals surface area contributed by atoms with Crippen LogP contribution in [0.5, 0.6) is 0 Å². The van der Waals surface area contributed by atoms with Crippen molar-refractivity contribution in [2.24, 2.45) is 0 Å². The molecule has 1 aliphatic rings. The van der Waals surface area contributed by atoms with Gasteiger partial charge in [-0.1, -0.05) is 49.4 Å². The number of ketones is 1. The quantitative estimate of drug-likeness (QED) is 0.443. The average Bonchev–Trinajstić information content (AvgIpc) is 2.82. The summed E-state index contributed by atoms with van der Waals surface area (Å²) in [6.45, 7) is 3.15. The van der Waals surface area contributed by atoms with Gasteiger partial charge in [0, 0.05) is 43.6 Å². The number of carbonyl (C=O) groups is 2. The number of piperidine rings is 1. The molecule has 0 saturated carbocycles. The highest BCUT2D eigenvalue weighted by Crippen LogP contribution is 2.34. The molecule has 178 valence electrons. The Kier molecular flexibility index (Phi) is 7.92. The van der Waals surface area contributed by atoms with Crippen molar-refractivity contribution in [2.45, 2.75) is 37.0 Å². The maximum atomic E-state index is 13.1. The lowest BCUT2D eigenvalue weighted by molar-refractivity contribution is -0.147. The monoisotopic (exact) mass is 472 g/mol. The molecule has 0 aromatic heterocycles. The molecule has 2 aromatic carbocycles. The molecule has 33 heavy (non-hydrogen) atoms. The minimum absolute atomic E-state index is 0.0886. The van der Waals surface area contributed by atoms with Crippen LogP contribution in [0, 0.1) is 0 Å². The lowest BCUT2D eigenvalue weighted by Crippen LogP contribution is -2.66. The molecule has 0 aliphatic carbocycles. The lowest BCUT2D eigenvalue weighted by atomic mass is 9.85. The first-order valence-corrected chi connectivity index (χ1v) is 13.1. The van der Waals surface area contributed by atoms with E-state index in [4.69, 9.17) is 4.74 Å². The van der Waals surface area contributed by atoms with Crippen molar-refractivity contribution in [1.29, 1.82) is 0 Å². The molecule has 1 N–H and O–H groups in total. The molecule has 1 fully saturated rings. The van der Waals surface area contributed by atoms with Crippen molar-refractivity contribution in [3.8, 4) is 0 Å². The maximum Gasteiger partial charge on any atom is 0.332 e. The number of hydrogen-bond acceptors (Lipinski definition) is 7. The second kappa shape index (κ2) is 10.5.